The summed E-state index contributed by atoms with van der Waals surface area (Å²) in [6.45, 7) is 4.52. The van der Waals surface area contributed by atoms with Gasteiger partial charge in [0.15, 0.2) is 0 Å². The molecule has 0 saturated carbocycles. The minimum Gasteiger partial charge on any atom is -0.493 e. The zero-order valence-electron chi connectivity index (χ0n) is 12.3. The number of benzene rings is 1. The number of aryl methyl sites for hydroxylation is 1. The molecule has 4 nitrogen and oxygen atoms in total. The first-order valence-corrected chi connectivity index (χ1v) is 6.61. The molecule has 1 aromatic carbocycles. The molecule has 0 heterocycles. The summed E-state index contributed by atoms with van der Waals surface area (Å²) in [4.78, 5) is 13.0. The van der Waals surface area contributed by atoms with Crippen molar-refractivity contribution >= 4 is 5.91 Å². The lowest BCUT2D eigenvalue weighted by atomic mass is 10.1. The first-order valence-electron chi connectivity index (χ1n) is 6.61. The van der Waals surface area contributed by atoms with E-state index in [1.165, 1.54) is 0 Å². The van der Waals surface area contributed by atoms with Gasteiger partial charge in [0.2, 0.25) is 5.91 Å². The first-order chi connectivity index (χ1) is 8.91. The highest BCUT2D eigenvalue weighted by Gasteiger charge is 2.06. The van der Waals surface area contributed by atoms with Gasteiger partial charge in [-0.05, 0) is 37.5 Å². The van der Waals surface area contributed by atoms with E-state index in [2.05, 4.69) is 0 Å². The third kappa shape index (κ3) is 4.91. The largest absolute Gasteiger partial charge is 0.493 e. The molecule has 4 heteroatoms. The van der Waals surface area contributed by atoms with Gasteiger partial charge in [0, 0.05) is 26.6 Å². The average Bonchev–Trinajstić information content (AvgIpc) is 2.35. The van der Waals surface area contributed by atoms with E-state index in [9.17, 15) is 4.79 Å². The number of carbonyl (C=O) groups is 1. The molecule has 0 aliphatic carbocycles. The van der Waals surface area contributed by atoms with Gasteiger partial charge in [-0.25, -0.2) is 0 Å². The van der Waals surface area contributed by atoms with Gasteiger partial charge in [-0.2, -0.15) is 0 Å². The molecule has 1 amide bonds. The molecule has 1 unspecified atom stereocenters. The highest BCUT2D eigenvalue weighted by Crippen LogP contribution is 2.22. The van der Waals surface area contributed by atoms with E-state index in [0.29, 0.717) is 13.0 Å². The highest BCUT2D eigenvalue weighted by atomic mass is 16.5. The van der Waals surface area contributed by atoms with Crippen LogP contribution in [0.5, 0.6) is 5.75 Å². The maximum absolute atomic E-state index is 11.4. The first kappa shape index (κ1) is 15.5. The quantitative estimate of drug-likeness (QED) is 0.802. The fraction of sp³-hybridized carbons (Fsp3) is 0.533. The van der Waals surface area contributed by atoms with Crippen molar-refractivity contribution in [2.24, 2.45) is 5.73 Å². The van der Waals surface area contributed by atoms with Crippen LogP contribution in [0.1, 0.15) is 36.9 Å². The van der Waals surface area contributed by atoms with E-state index < -0.39 is 0 Å². The summed E-state index contributed by atoms with van der Waals surface area (Å²) in [5, 5.41) is 0. The van der Waals surface area contributed by atoms with E-state index >= 15 is 0 Å². The van der Waals surface area contributed by atoms with Crippen LogP contribution >= 0.6 is 0 Å². The van der Waals surface area contributed by atoms with Crippen LogP contribution in [0.25, 0.3) is 0 Å². The number of hydrogen-bond acceptors (Lipinski definition) is 3. The van der Waals surface area contributed by atoms with Crippen molar-refractivity contribution in [1.82, 2.24) is 4.90 Å². The van der Waals surface area contributed by atoms with Crippen molar-refractivity contribution in [3.05, 3.63) is 29.3 Å². The van der Waals surface area contributed by atoms with Gasteiger partial charge in [-0.1, -0.05) is 12.1 Å². The van der Waals surface area contributed by atoms with Crippen molar-refractivity contribution in [3.63, 3.8) is 0 Å². The molecule has 0 saturated heterocycles. The molecule has 2 N–H and O–H groups in total. The standard InChI is InChI=1S/C15H24N2O2/c1-11-10-13(12(2)16)7-8-14(11)19-9-5-6-15(18)17(3)4/h7-8,10,12H,5-6,9,16H2,1-4H3. The predicted octanol–water partition coefficient (Wildman–Crippen LogP) is 2.26. The SMILES string of the molecule is Cc1cc(C(C)N)ccc1OCCCC(=O)N(C)C. The van der Waals surface area contributed by atoms with Gasteiger partial charge in [0.05, 0.1) is 6.61 Å². The molecule has 19 heavy (non-hydrogen) atoms. The molecule has 1 rings (SSSR count). The molecule has 0 aromatic heterocycles. The van der Waals surface area contributed by atoms with Crippen LogP contribution in [0.2, 0.25) is 0 Å². The second kappa shape index (κ2) is 7.14. The zero-order chi connectivity index (χ0) is 14.4. The summed E-state index contributed by atoms with van der Waals surface area (Å²) in [5.41, 5.74) is 8.01. The predicted molar refractivity (Wildman–Crippen MR) is 77.2 cm³/mol. The number of ether oxygens (including phenoxy) is 1. The monoisotopic (exact) mass is 264 g/mol. The third-order valence-corrected chi connectivity index (χ3v) is 3.02. The Balaban J connectivity index is 2.44. The molecule has 0 bridgehead atoms. The summed E-state index contributed by atoms with van der Waals surface area (Å²) in [5.74, 6) is 0.995. The molecule has 0 radical (unpaired) electrons. The molecular formula is C15H24N2O2. The molecule has 0 aliphatic rings. The smallest absolute Gasteiger partial charge is 0.222 e. The Morgan fingerprint density at radius 1 is 1.42 bits per heavy atom. The van der Waals surface area contributed by atoms with Crippen molar-refractivity contribution in [1.29, 1.82) is 0 Å². The Morgan fingerprint density at radius 2 is 2.11 bits per heavy atom. The number of hydrogen-bond donors (Lipinski definition) is 1. The minimum absolute atomic E-state index is 0.0328. The number of carbonyl (C=O) groups excluding carboxylic acids is 1. The van der Waals surface area contributed by atoms with Gasteiger partial charge in [-0.15, -0.1) is 0 Å². The normalized spacial score (nSPS) is 12.1. The van der Waals surface area contributed by atoms with Crippen molar-refractivity contribution in [3.8, 4) is 5.75 Å². The molecular weight excluding hydrogens is 240 g/mol. The number of amides is 1. The Hall–Kier alpha value is -1.55. The van der Waals surface area contributed by atoms with Crippen molar-refractivity contribution in [2.75, 3.05) is 20.7 Å². The summed E-state index contributed by atoms with van der Waals surface area (Å²) < 4.78 is 5.69. The van der Waals surface area contributed by atoms with Crippen LogP contribution in [0.15, 0.2) is 18.2 Å². The lowest BCUT2D eigenvalue weighted by Gasteiger charge is -2.13. The Kier molecular flexibility index (Phi) is 5.83. The average molecular weight is 264 g/mol. The van der Waals surface area contributed by atoms with Crippen molar-refractivity contribution < 1.29 is 9.53 Å². The van der Waals surface area contributed by atoms with Gasteiger partial charge >= 0.3 is 0 Å². The second-order valence-corrected chi connectivity index (χ2v) is 5.05. The number of nitrogens with two attached hydrogens (primary N) is 1. The molecule has 0 aliphatic heterocycles. The lowest BCUT2D eigenvalue weighted by molar-refractivity contribution is -0.128. The fourth-order valence-corrected chi connectivity index (χ4v) is 1.75. The summed E-state index contributed by atoms with van der Waals surface area (Å²) in [7, 11) is 3.53. The lowest BCUT2D eigenvalue weighted by Crippen LogP contribution is -2.21. The van der Waals surface area contributed by atoms with Gasteiger partial charge in [0.25, 0.3) is 0 Å². The van der Waals surface area contributed by atoms with E-state index in [-0.39, 0.29) is 11.9 Å². The zero-order valence-corrected chi connectivity index (χ0v) is 12.3. The van der Waals surface area contributed by atoms with Crippen LogP contribution in [0.3, 0.4) is 0 Å². The van der Waals surface area contributed by atoms with E-state index in [1.807, 2.05) is 32.0 Å². The summed E-state index contributed by atoms with van der Waals surface area (Å²) >= 11 is 0. The van der Waals surface area contributed by atoms with Crippen molar-refractivity contribution in [2.45, 2.75) is 32.7 Å². The van der Waals surface area contributed by atoms with Crippen LogP contribution in [0, 0.1) is 6.92 Å². The maximum Gasteiger partial charge on any atom is 0.222 e. The van der Waals surface area contributed by atoms with Crippen LogP contribution < -0.4 is 10.5 Å². The summed E-state index contributed by atoms with van der Waals surface area (Å²) in [6.07, 6.45) is 1.25. The van der Waals surface area contributed by atoms with E-state index in [0.717, 1.165) is 23.3 Å². The number of nitrogens with zero attached hydrogens (tertiary/aromatic N) is 1. The number of rotatable bonds is 6. The Labute approximate surface area is 115 Å². The second-order valence-electron chi connectivity index (χ2n) is 5.05. The molecule has 106 valence electrons. The third-order valence-electron chi connectivity index (χ3n) is 3.02. The maximum atomic E-state index is 11.4. The summed E-state index contributed by atoms with van der Waals surface area (Å²) in [6, 6.07) is 6.01. The Morgan fingerprint density at radius 3 is 2.63 bits per heavy atom. The molecule has 1 aromatic rings. The van der Waals surface area contributed by atoms with Gasteiger partial charge in [0.1, 0.15) is 5.75 Å². The molecule has 0 fully saturated rings. The van der Waals surface area contributed by atoms with E-state index in [1.54, 1.807) is 19.0 Å². The highest BCUT2D eigenvalue weighted by molar-refractivity contribution is 5.75. The van der Waals surface area contributed by atoms with Crippen LogP contribution in [0.4, 0.5) is 0 Å². The minimum atomic E-state index is 0.0328. The Bertz CT molecular complexity index is 428. The fourth-order valence-electron chi connectivity index (χ4n) is 1.75. The molecule has 0 spiro atoms. The van der Waals surface area contributed by atoms with E-state index in [4.69, 9.17) is 10.5 Å². The van der Waals surface area contributed by atoms with Gasteiger partial charge < -0.3 is 15.4 Å². The molecule has 1 atom stereocenters. The topological polar surface area (TPSA) is 55.6 Å². The van der Waals surface area contributed by atoms with Gasteiger partial charge in [-0.3, -0.25) is 4.79 Å². The van der Waals surface area contributed by atoms with Crippen LogP contribution in [-0.2, 0) is 4.79 Å². The van der Waals surface area contributed by atoms with Crippen LogP contribution in [-0.4, -0.2) is 31.5 Å².